The van der Waals surface area contributed by atoms with Crippen LogP contribution in [0.1, 0.15) is 68.7 Å². The molecule has 0 bridgehead atoms. The molecule has 0 radical (unpaired) electrons. The molecule has 2 fully saturated rings. The molecule has 1 atom stereocenters. The highest BCUT2D eigenvalue weighted by atomic mass is 32.2. The van der Waals surface area contributed by atoms with Crippen molar-refractivity contribution in [2.24, 2.45) is 7.05 Å². The number of hydrogen-bond acceptors (Lipinski definition) is 12. The fourth-order valence-electron chi connectivity index (χ4n) is 8.91. The van der Waals surface area contributed by atoms with Gasteiger partial charge in [0.05, 0.1) is 27.4 Å². The third kappa shape index (κ3) is 15.5. The first-order valence-electron chi connectivity index (χ1n) is 25.0. The minimum Gasteiger partial charge on any atom is -0.390 e. The van der Waals surface area contributed by atoms with E-state index in [0.29, 0.717) is 17.0 Å². The second kappa shape index (κ2) is 26.7. The third-order valence-electron chi connectivity index (χ3n) is 13.2. The molecule has 1 aromatic heterocycles. The van der Waals surface area contributed by atoms with Gasteiger partial charge in [-0.3, -0.25) is 9.52 Å². The molecule has 5 N–H and O–H groups in total. The molecule has 19 heteroatoms. The van der Waals surface area contributed by atoms with E-state index in [4.69, 9.17) is 0 Å². The molecule has 75 heavy (non-hydrogen) atoms. The van der Waals surface area contributed by atoms with Gasteiger partial charge in [-0.05, 0) is 124 Å². The van der Waals surface area contributed by atoms with Crippen LogP contribution in [-0.2, 0) is 16.9 Å². The highest BCUT2D eigenvalue weighted by Crippen LogP contribution is 2.41. The van der Waals surface area contributed by atoms with Crippen LogP contribution in [0.3, 0.4) is 0 Å². The number of piperidine rings is 1. The number of anilines is 4. The fraction of sp³-hybridized carbons (Fsp3) is 0.375. The Morgan fingerprint density at radius 1 is 0.893 bits per heavy atom. The van der Waals surface area contributed by atoms with Crippen LogP contribution >= 0.6 is 32.0 Å². The Hall–Kier alpha value is -5.20. The zero-order valence-electron chi connectivity index (χ0n) is 43.9. The number of hydrogen-bond donors (Lipinski definition) is 5. The molecule has 0 aliphatic carbocycles. The molecule has 0 saturated carbocycles. The van der Waals surface area contributed by atoms with Gasteiger partial charge < -0.3 is 39.7 Å². The number of halogens is 3. The van der Waals surface area contributed by atoms with Gasteiger partial charge >= 0.3 is 5.51 Å². The maximum Gasteiger partial charge on any atom is 0.501 e. The normalized spacial score (nSPS) is 15.8. The van der Waals surface area contributed by atoms with E-state index in [1.54, 1.807) is 12.1 Å². The summed E-state index contributed by atoms with van der Waals surface area (Å²) < 4.78 is 71.9. The second-order valence-electron chi connectivity index (χ2n) is 18.8. The van der Waals surface area contributed by atoms with Crippen molar-refractivity contribution in [2.75, 3.05) is 84.6 Å². The van der Waals surface area contributed by atoms with E-state index in [9.17, 15) is 36.4 Å². The second-order valence-corrected chi connectivity index (χ2v) is 23.8. The molecule has 1 amide bonds. The Kier molecular flexibility index (Phi) is 21.0. The number of allylic oxidation sites excluding steroid dienone is 5. The highest BCUT2D eigenvalue weighted by Gasteiger charge is 2.48. The maximum absolute atomic E-state index is 13.8. The summed E-state index contributed by atoms with van der Waals surface area (Å²) in [6.45, 7) is 20.5. The van der Waals surface area contributed by atoms with Crippen molar-refractivity contribution in [3.8, 4) is 11.1 Å². The fourth-order valence-corrected chi connectivity index (χ4v) is 12.0. The van der Waals surface area contributed by atoms with E-state index in [2.05, 4.69) is 85.2 Å². The number of aliphatic hydroxyl groups is 1. The van der Waals surface area contributed by atoms with Crippen LogP contribution in [0.25, 0.3) is 16.7 Å². The average molecular weight is 1110 g/mol. The first-order chi connectivity index (χ1) is 35.7. The van der Waals surface area contributed by atoms with Crippen LogP contribution in [-0.4, -0.2) is 109 Å². The van der Waals surface area contributed by atoms with E-state index < -0.39 is 28.5 Å². The van der Waals surface area contributed by atoms with Crippen LogP contribution < -0.4 is 30.2 Å². The number of amides is 1. The molecular formula is C56H71F3N7O5PS3. The Morgan fingerprint density at radius 3 is 2.15 bits per heavy atom. The summed E-state index contributed by atoms with van der Waals surface area (Å²) in [5.74, 6) is 0.329. The first-order valence-corrected chi connectivity index (χ1v) is 30.0. The molecule has 5 aromatic rings. The zero-order valence-corrected chi connectivity index (χ0v) is 47.2. The zero-order chi connectivity index (χ0) is 54.5. The summed E-state index contributed by atoms with van der Waals surface area (Å²) in [6, 6.07) is 28.7. The molecule has 12 nitrogen and oxygen atoms in total. The number of thioether (sulfide) groups is 1. The number of alkyl halides is 3. The van der Waals surface area contributed by atoms with Gasteiger partial charge in [0.25, 0.3) is 15.7 Å². The van der Waals surface area contributed by atoms with Crippen LogP contribution in [0.15, 0.2) is 137 Å². The SMILES string of the molecule is C=C(C)/C=C\C(=C/CC)c1c(-c2cccc(N3CCN(c4ccc(NP(O)c5ccc(NCCSc6ccccc6)c(S(=O)(=O)C(F)(F)F)c5)cc4)CC3)c2)c(C(=O)NSC)c(C)n1C.CCN1CCC(C)(O)CC1. The summed E-state index contributed by atoms with van der Waals surface area (Å²) in [7, 11) is -6.01. The number of nitrogens with zero attached hydrogens (tertiary/aromatic N) is 4. The quantitative estimate of drug-likeness (QED) is 0.0177. The molecule has 1 unspecified atom stereocenters. The van der Waals surface area contributed by atoms with Crippen molar-refractivity contribution in [1.29, 1.82) is 0 Å². The van der Waals surface area contributed by atoms with Gasteiger partial charge in [0.15, 0.2) is 8.30 Å². The Labute approximate surface area is 451 Å². The van der Waals surface area contributed by atoms with Gasteiger partial charge in [-0.1, -0.05) is 86.5 Å². The average Bonchev–Trinajstić information content (AvgIpc) is 3.66. The first kappa shape index (κ1) is 59.1. The van der Waals surface area contributed by atoms with E-state index in [1.807, 2.05) is 88.7 Å². The van der Waals surface area contributed by atoms with Gasteiger partial charge in [-0.15, -0.1) is 11.8 Å². The Bertz CT molecular complexity index is 2900. The number of sulfone groups is 1. The number of rotatable bonds is 19. The van der Waals surface area contributed by atoms with Crippen molar-refractivity contribution in [3.63, 3.8) is 0 Å². The summed E-state index contributed by atoms with van der Waals surface area (Å²) in [5.41, 5.74) is 2.60. The number of likely N-dealkylation sites (tertiary alicyclic amines) is 1. The molecule has 4 aromatic carbocycles. The van der Waals surface area contributed by atoms with Crippen LogP contribution in [0.4, 0.5) is 35.9 Å². The molecule has 7 rings (SSSR count). The maximum atomic E-state index is 13.8. The molecule has 2 aliphatic heterocycles. The van der Waals surface area contributed by atoms with Gasteiger partial charge in [0, 0.05) is 103 Å². The smallest absolute Gasteiger partial charge is 0.390 e. The van der Waals surface area contributed by atoms with Crippen molar-refractivity contribution < 1.29 is 36.4 Å². The Balaban J connectivity index is 0.000000818. The van der Waals surface area contributed by atoms with E-state index in [-0.39, 0.29) is 29.0 Å². The number of carbonyl (C=O) groups excluding carboxylic acids is 1. The van der Waals surface area contributed by atoms with E-state index in [1.165, 1.54) is 35.8 Å². The van der Waals surface area contributed by atoms with Crippen molar-refractivity contribution in [2.45, 2.75) is 74.8 Å². The summed E-state index contributed by atoms with van der Waals surface area (Å²) >= 11 is 2.75. The van der Waals surface area contributed by atoms with Crippen LogP contribution in [0, 0.1) is 6.92 Å². The van der Waals surface area contributed by atoms with Gasteiger partial charge in [0.1, 0.15) is 0 Å². The van der Waals surface area contributed by atoms with Crippen LogP contribution in [0.5, 0.6) is 0 Å². The summed E-state index contributed by atoms with van der Waals surface area (Å²) in [4.78, 5) is 31.8. The predicted octanol–water partition coefficient (Wildman–Crippen LogP) is 11.7. The summed E-state index contributed by atoms with van der Waals surface area (Å²) in [6.07, 6.45) is 10.7. The lowest BCUT2D eigenvalue weighted by Crippen LogP contribution is -2.46. The van der Waals surface area contributed by atoms with E-state index >= 15 is 0 Å². The third-order valence-corrected chi connectivity index (χ3v) is 17.4. The predicted molar refractivity (Wildman–Crippen MR) is 309 cm³/mol. The number of carbonyl (C=O) groups is 1. The van der Waals surface area contributed by atoms with Crippen LogP contribution in [0.2, 0.25) is 0 Å². The lowest BCUT2D eigenvalue weighted by molar-refractivity contribution is -0.0435. The highest BCUT2D eigenvalue weighted by molar-refractivity contribution is 7.99. The van der Waals surface area contributed by atoms with Crippen molar-refractivity contribution >= 4 is 81.4 Å². The standard InChI is InChI=1S/C48H54F3N6O4PS3.C8H17NO/c1-7-12-35(18-17-33(2)3)46-45(44(34(4)55(46)5)47(58)54-63-6)36-13-11-14-39(31-36)57-28-26-56(27-29-57)38-21-19-37(20-22-38)53-62(59)40-23-24-42(43(32-40)65(60,61)48(49,50)51)52-25-30-64-41-15-9-8-10-16-41;1-3-9-6-4-8(2,10)5-7-9/h8-24,31-32,52-53,59H,2,7,25-30H2,1,3-6H3,(H,54,58);10H,3-7H2,1-2H3/b18-17-,35-12+;. The lowest BCUT2D eigenvalue weighted by atomic mass is 9.94. The monoisotopic (exact) mass is 1110 g/mol. The number of piperazine rings is 1. The molecule has 3 heterocycles. The minimum atomic E-state index is -5.73. The molecule has 0 spiro atoms. The molecule has 2 saturated heterocycles. The van der Waals surface area contributed by atoms with Gasteiger partial charge in [-0.25, -0.2) is 8.42 Å². The number of aromatic nitrogens is 1. The van der Waals surface area contributed by atoms with Crippen molar-refractivity contribution in [1.82, 2.24) is 14.2 Å². The lowest BCUT2D eigenvalue weighted by Gasteiger charge is -2.37. The minimum absolute atomic E-state index is 0.0202. The number of nitrogens with one attached hydrogen (secondary N) is 3. The van der Waals surface area contributed by atoms with Crippen molar-refractivity contribution in [3.05, 3.63) is 144 Å². The van der Waals surface area contributed by atoms with Gasteiger partial charge in [-0.2, -0.15) is 13.2 Å². The number of benzene rings is 4. The largest absolute Gasteiger partial charge is 0.501 e. The molecule has 2 aliphatic rings. The topological polar surface area (TPSA) is 142 Å². The van der Waals surface area contributed by atoms with Gasteiger partial charge in [0.2, 0.25) is 0 Å². The molecular weight excluding hydrogens is 1030 g/mol. The summed E-state index contributed by atoms with van der Waals surface area (Å²) in [5, 5.41) is 15.4. The van der Waals surface area contributed by atoms with E-state index in [0.717, 1.165) is 121 Å². The Morgan fingerprint density at radius 2 is 1.55 bits per heavy atom. The molecule has 404 valence electrons.